The van der Waals surface area contributed by atoms with Crippen molar-refractivity contribution in [1.29, 1.82) is 0 Å². The number of carbonyl (C=O) groups excluding carboxylic acids is 1. The second-order valence-electron chi connectivity index (χ2n) is 5.40. The van der Waals surface area contributed by atoms with E-state index in [-0.39, 0.29) is 12.5 Å². The van der Waals surface area contributed by atoms with Crippen LogP contribution in [0, 0.1) is 24.7 Å². The summed E-state index contributed by atoms with van der Waals surface area (Å²) in [5.74, 6) is 6.09. The molecule has 0 unspecified atom stereocenters. The summed E-state index contributed by atoms with van der Waals surface area (Å²) in [5, 5.41) is 8.76. The zero-order valence-electron chi connectivity index (χ0n) is 12.7. The molecule has 0 heterocycles. The van der Waals surface area contributed by atoms with E-state index in [1.807, 2.05) is 26.1 Å². The molecule has 1 N–H and O–H groups in total. The molecule has 1 amide bonds. The van der Waals surface area contributed by atoms with Gasteiger partial charge in [-0.2, -0.15) is 0 Å². The number of aliphatic hydroxyl groups excluding tert-OH is 1. The van der Waals surface area contributed by atoms with E-state index in [0.29, 0.717) is 11.5 Å². The molecule has 0 radical (unpaired) electrons. The fourth-order valence-electron chi connectivity index (χ4n) is 1.80. The molecule has 0 aliphatic carbocycles. The van der Waals surface area contributed by atoms with E-state index in [1.165, 1.54) is 0 Å². The van der Waals surface area contributed by atoms with Gasteiger partial charge in [0, 0.05) is 24.7 Å². The maximum absolute atomic E-state index is 12.3. The van der Waals surface area contributed by atoms with E-state index in [1.54, 1.807) is 11.0 Å². The summed E-state index contributed by atoms with van der Waals surface area (Å²) in [5.41, 5.74) is 2.44. The molecule has 1 aromatic carbocycles. The molecule has 0 aromatic heterocycles. The van der Waals surface area contributed by atoms with Gasteiger partial charge < -0.3 is 10.0 Å². The van der Waals surface area contributed by atoms with Crippen molar-refractivity contribution >= 4 is 5.91 Å². The highest BCUT2D eigenvalue weighted by Crippen LogP contribution is 2.12. The summed E-state index contributed by atoms with van der Waals surface area (Å²) in [6.07, 6.45) is 0.991. The minimum absolute atomic E-state index is 0.0118. The Kier molecular flexibility index (Phi) is 6.27. The van der Waals surface area contributed by atoms with Crippen molar-refractivity contribution in [2.24, 2.45) is 5.92 Å². The number of hydrogen-bond acceptors (Lipinski definition) is 2. The van der Waals surface area contributed by atoms with E-state index in [0.717, 1.165) is 24.1 Å². The molecule has 3 heteroatoms. The number of carbonyl (C=O) groups is 1. The molecule has 3 nitrogen and oxygen atoms in total. The minimum atomic E-state index is -0.175. The first kappa shape index (κ1) is 16.3. The van der Waals surface area contributed by atoms with Crippen molar-refractivity contribution in [3.05, 3.63) is 34.9 Å². The van der Waals surface area contributed by atoms with E-state index >= 15 is 0 Å². The Morgan fingerprint density at radius 2 is 2.10 bits per heavy atom. The second kappa shape index (κ2) is 7.72. The lowest BCUT2D eigenvalue weighted by Gasteiger charge is -2.18. The number of hydrogen-bond donors (Lipinski definition) is 1. The van der Waals surface area contributed by atoms with Gasteiger partial charge in [0.05, 0.1) is 0 Å². The highest BCUT2D eigenvalue weighted by atomic mass is 16.2. The van der Waals surface area contributed by atoms with Crippen LogP contribution in [0.4, 0.5) is 0 Å². The summed E-state index contributed by atoms with van der Waals surface area (Å²) in [6.45, 7) is 6.81. The number of rotatable bonds is 4. The second-order valence-corrected chi connectivity index (χ2v) is 5.40. The van der Waals surface area contributed by atoms with Gasteiger partial charge in [-0.1, -0.05) is 31.8 Å². The summed E-state index contributed by atoms with van der Waals surface area (Å²) in [6, 6.07) is 5.52. The molecular weight excluding hydrogens is 250 g/mol. The molecule has 0 saturated heterocycles. The largest absolute Gasteiger partial charge is 0.384 e. The first-order chi connectivity index (χ1) is 9.45. The van der Waals surface area contributed by atoms with Gasteiger partial charge in [-0.3, -0.25) is 4.79 Å². The fraction of sp³-hybridized carbons (Fsp3) is 0.471. The van der Waals surface area contributed by atoms with Gasteiger partial charge in [0.2, 0.25) is 0 Å². The Labute approximate surface area is 121 Å². The zero-order valence-corrected chi connectivity index (χ0v) is 12.7. The van der Waals surface area contributed by atoms with Crippen LogP contribution in [0.2, 0.25) is 0 Å². The highest BCUT2D eigenvalue weighted by Gasteiger charge is 2.12. The monoisotopic (exact) mass is 273 g/mol. The number of nitrogens with zero attached hydrogens (tertiary/aromatic N) is 1. The number of amides is 1. The van der Waals surface area contributed by atoms with Gasteiger partial charge in [0.25, 0.3) is 5.91 Å². The molecule has 0 bridgehead atoms. The smallest absolute Gasteiger partial charge is 0.253 e. The van der Waals surface area contributed by atoms with Crippen LogP contribution in [-0.4, -0.2) is 36.1 Å². The van der Waals surface area contributed by atoms with Crippen molar-refractivity contribution in [1.82, 2.24) is 4.90 Å². The summed E-state index contributed by atoms with van der Waals surface area (Å²) < 4.78 is 0. The Balaban J connectivity index is 2.88. The van der Waals surface area contributed by atoms with Gasteiger partial charge in [0.15, 0.2) is 0 Å². The van der Waals surface area contributed by atoms with Crippen LogP contribution in [0.5, 0.6) is 0 Å². The molecule has 108 valence electrons. The molecule has 20 heavy (non-hydrogen) atoms. The minimum Gasteiger partial charge on any atom is -0.384 e. The van der Waals surface area contributed by atoms with Crippen LogP contribution < -0.4 is 0 Å². The highest BCUT2D eigenvalue weighted by molar-refractivity contribution is 5.94. The first-order valence-corrected chi connectivity index (χ1v) is 6.91. The third-order valence-electron chi connectivity index (χ3n) is 3.18. The third-order valence-corrected chi connectivity index (χ3v) is 3.18. The fourth-order valence-corrected chi connectivity index (χ4v) is 1.80. The molecule has 0 spiro atoms. The first-order valence-electron chi connectivity index (χ1n) is 6.91. The van der Waals surface area contributed by atoms with Gasteiger partial charge in [-0.25, -0.2) is 0 Å². The maximum Gasteiger partial charge on any atom is 0.253 e. The van der Waals surface area contributed by atoms with E-state index < -0.39 is 0 Å². The van der Waals surface area contributed by atoms with Crippen LogP contribution in [0.1, 0.15) is 41.8 Å². The van der Waals surface area contributed by atoms with Gasteiger partial charge in [-0.15, -0.1) is 0 Å². The molecule has 0 saturated carbocycles. The third kappa shape index (κ3) is 4.71. The van der Waals surface area contributed by atoms with Gasteiger partial charge in [-0.05, 0) is 37.0 Å². The number of aliphatic hydroxyl groups is 1. The van der Waals surface area contributed by atoms with Crippen molar-refractivity contribution in [2.45, 2.75) is 27.2 Å². The van der Waals surface area contributed by atoms with Crippen molar-refractivity contribution in [3.8, 4) is 11.8 Å². The topological polar surface area (TPSA) is 40.5 Å². The van der Waals surface area contributed by atoms with E-state index in [4.69, 9.17) is 5.11 Å². The molecule has 1 rings (SSSR count). The lowest BCUT2D eigenvalue weighted by atomic mass is 10.0. The average Bonchev–Trinajstić information content (AvgIpc) is 2.43. The lowest BCUT2D eigenvalue weighted by molar-refractivity contribution is 0.0789. The van der Waals surface area contributed by atoms with E-state index in [9.17, 15) is 4.79 Å². The molecular formula is C17H23NO2. The lowest BCUT2D eigenvalue weighted by Crippen LogP contribution is -2.28. The molecule has 1 aromatic rings. The van der Waals surface area contributed by atoms with Crippen LogP contribution >= 0.6 is 0 Å². The summed E-state index contributed by atoms with van der Waals surface area (Å²) >= 11 is 0. The van der Waals surface area contributed by atoms with Crippen molar-refractivity contribution in [2.75, 3.05) is 20.2 Å². The van der Waals surface area contributed by atoms with E-state index in [2.05, 4.69) is 25.7 Å². The number of aryl methyl sites for hydroxylation is 1. The van der Waals surface area contributed by atoms with Crippen LogP contribution in [0.3, 0.4) is 0 Å². The summed E-state index contributed by atoms with van der Waals surface area (Å²) in [4.78, 5) is 14.1. The van der Waals surface area contributed by atoms with Crippen molar-refractivity contribution in [3.63, 3.8) is 0 Å². The Morgan fingerprint density at radius 3 is 2.70 bits per heavy atom. The average molecular weight is 273 g/mol. The zero-order chi connectivity index (χ0) is 15.1. The van der Waals surface area contributed by atoms with Crippen LogP contribution in [0.15, 0.2) is 18.2 Å². The van der Waals surface area contributed by atoms with Crippen molar-refractivity contribution < 1.29 is 9.90 Å². The van der Waals surface area contributed by atoms with Crippen LogP contribution in [-0.2, 0) is 0 Å². The van der Waals surface area contributed by atoms with Crippen LogP contribution in [0.25, 0.3) is 0 Å². The molecule has 0 aliphatic rings. The van der Waals surface area contributed by atoms with Gasteiger partial charge >= 0.3 is 0 Å². The maximum atomic E-state index is 12.3. The Morgan fingerprint density at radius 1 is 1.40 bits per heavy atom. The standard InChI is InChI=1S/C17H23NO2/c1-13(2)9-10-18(4)17(20)16-8-7-14(3)15(12-16)6-5-11-19/h7-8,12-13,19H,9-11H2,1-4H3. The Hall–Kier alpha value is -1.79. The summed E-state index contributed by atoms with van der Waals surface area (Å²) in [7, 11) is 1.82. The molecule has 0 fully saturated rings. The normalized spacial score (nSPS) is 10.1. The SMILES string of the molecule is Cc1ccc(C(=O)N(C)CCC(C)C)cc1C#CCO. The number of benzene rings is 1. The Bertz CT molecular complexity index is 524. The molecule has 0 aliphatic heterocycles. The quantitative estimate of drug-likeness (QED) is 0.856. The predicted molar refractivity (Wildman–Crippen MR) is 81.6 cm³/mol. The predicted octanol–water partition coefficient (Wildman–Crippen LogP) is 2.46. The van der Waals surface area contributed by atoms with Gasteiger partial charge in [0.1, 0.15) is 6.61 Å². The molecule has 0 atom stereocenters.